The zero-order chi connectivity index (χ0) is 20.1. The molecule has 2 aromatic carbocycles. The number of imide groups is 1. The highest BCUT2D eigenvalue weighted by atomic mass is 16.5. The fraction of sp³-hybridized carbons (Fsp3) is 0.318. The van der Waals surface area contributed by atoms with E-state index in [0.29, 0.717) is 11.4 Å². The van der Waals surface area contributed by atoms with Crippen LogP contribution in [-0.4, -0.2) is 42.1 Å². The summed E-state index contributed by atoms with van der Waals surface area (Å²) in [6.45, 7) is 2.19. The smallest absolute Gasteiger partial charge is 0.332 e. The van der Waals surface area contributed by atoms with E-state index in [4.69, 9.17) is 9.47 Å². The van der Waals surface area contributed by atoms with E-state index in [1.54, 1.807) is 36.1 Å². The molecular weight excluding hydrogens is 372 g/mol. The fourth-order valence-electron chi connectivity index (χ4n) is 4.81. The number of para-hydroxylation sites is 2. The summed E-state index contributed by atoms with van der Waals surface area (Å²) in [6.07, 6.45) is 0. The average Bonchev–Trinajstić information content (AvgIpc) is 3.22. The molecule has 0 N–H and O–H groups in total. The second-order valence-corrected chi connectivity index (χ2v) is 7.38. The Morgan fingerprint density at radius 3 is 2.55 bits per heavy atom. The highest BCUT2D eigenvalue weighted by Crippen LogP contribution is 2.53. The lowest BCUT2D eigenvalue weighted by Gasteiger charge is -2.33. The Morgan fingerprint density at radius 2 is 1.79 bits per heavy atom. The SMILES string of the molecule is CCOC(=O)[C@H]1[C@@H]2COc3ccccc3[C@H]2N2C(=O)N(c3ccccc3)C(=O)[C@H]12. The standard InChI is InChI=1S/C22H20N2O5/c1-2-28-21(26)17-15-12-29-16-11-7-6-10-14(16)18(15)24-19(17)20(25)23(22(24)27)13-8-4-3-5-9-13/h3-11,15,17-19H,2,12H2,1H3/t15-,17-,18+,19-/m0/s1. The van der Waals surface area contributed by atoms with Crippen molar-refractivity contribution in [3.8, 4) is 5.75 Å². The summed E-state index contributed by atoms with van der Waals surface area (Å²) in [5.41, 5.74) is 1.31. The number of esters is 1. The molecule has 0 bridgehead atoms. The van der Waals surface area contributed by atoms with Crippen LogP contribution in [-0.2, 0) is 14.3 Å². The quantitative estimate of drug-likeness (QED) is 0.593. The topological polar surface area (TPSA) is 76.2 Å². The van der Waals surface area contributed by atoms with Gasteiger partial charge in [-0.05, 0) is 25.1 Å². The summed E-state index contributed by atoms with van der Waals surface area (Å²) in [4.78, 5) is 42.4. The number of rotatable bonds is 3. The monoisotopic (exact) mass is 392 g/mol. The number of carbonyl (C=O) groups is 3. The molecule has 0 spiro atoms. The molecule has 7 nitrogen and oxygen atoms in total. The summed E-state index contributed by atoms with van der Waals surface area (Å²) in [5.74, 6) is -1.28. The normalized spacial score (nSPS) is 27.2. The number of nitrogens with zero attached hydrogens (tertiary/aromatic N) is 2. The molecule has 5 rings (SSSR count). The Kier molecular flexibility index (Phi) is 4.04. The summed E-state index contributed by atoms with van der Waals surface area (Å²) < 4.78 is 11.2. The number of hydrogen-bond acceptors (Lipinski definition) is 5. The second-order valence-electron chi connectivity index (χ2n) is 7.38. The van der Waals surface area contributed by atoms with Gasteiger partial charge in [0.2, 0.25) is 0 Å². The molecule has 2 aromatic rings. The van der Waals surface area contributed by atoms with Gasteiger partial charge in [0, 0.05) is 11.5 Å². The van der Waals surface area contributed by atoms with Crippen molar-refractivity contribution < 1.29 is 23.9 Å². The van der Waals surface area contributed by atoms with Crippen molar-refractivity contribution in [1.29, 1.82) is 0 Å². The van der Waals surface area contributed by atoms with Crippen LogP contribution in [0.25, 0.3) is 0 Å². The second kappa shape index (κ2) is 6.62. The van der Waals surface area contributed by atoms with E-state index in [2.05, 4.69) is 0 Å². The highest BCUT2D eigenvalue weighted by molar-refractivity contribution is 6.22. The summed E-state index contributed by atoms with van der Waals surface area (Å²) >= 11 is 0. The van der Waals surface area contributed by atoms with E-state index in [1.807, 2.05) is 30.3 Å². The van der Waals surface area contributed by atoms with Gasteiger partial charge in [-0.3, -0.25) is 9.59 Å². The van der Waals surface area contributed by atoms with Crippen molar-refractivity contribution in [1.82, 2.24) is 4.90 Å². The molecule has 2 fully saturated rings. The highest BCUT2D eigenvalue weighted by Gasteiger charge is 2.65. The van der Waals surface area contributed by atoms with Crippen molar-refractivity contribution >= 4 is 23.6 Å². The van der Waals surface area contributed by atoms with Gasteiger partial charge in [0.15, 0.2) is 0 Å². The van der Waals surface area contributed by atoms with Gasteiger partial charge in [-0.2, -0.15) is 0 Å². The zero-order valence-electron chi connectivity index (χ0n) is 15.9. The minimum Gasteiger partial charge on any atom is -0.493 e. The molecule has 0 aliphatic carbocycles. The van der Waals surface area contributed by atoms with Gasteiger partial charge in [-0.15, -0.1) is 0 Å². The van der Waals surface area contributed by atoms with Crippen LogP contribution >= 0.6 is 0 Å². The van der Waals surface area contributed by atoms with Gasteiger partial charge in [0.1, 0.15) is 11.8 Å². The lowest BCUT2D eigenvalue weighted by molar-refractivity contribution is -0.152. The maximum absolute atomic E-state index is 13.4. The number of ether oxygens (including phenoxy) is 2. The van der Waals surface area contributed by atoms with Gasteiger partial charge in [0.05, 0.1) is 30.9 Å². The lowest BCUT2D eigenvalue weighted by Crippen LogP contribution is -2.42. The van der Waals surface area contributed by atoms with Gasteiger partial charge in [-0.25, -0.2) is 9.69 Å². The third kappa shape index (κ3) is 2.46. The minimum absolute atomic E-state index is 0.210. The molecule has 4 atom stereocenters. The van der Waals surface area contributed by atoms with Gasteiger partial charge in [-0.1, -0.05) is 36.4 Å². The minimum atomic E-state index is -0.897. The molecule has 0 aromatic heterocycles. The zero-order valence-corrected chi connectivity index (χ0v) is 15.9. The predicted molar refractivity (Wildman–Crippen MR) is 103 cm³/mol. The number of carbonyl (C=O) groups excluding carboxylic acids is 3. The predicted octanol–water partition coefficient (Wildman–Crippen LogP) is 2.77. The summed E-state index contributed by atoms with van der Waals surface area (Å²) in [7, 11) is 0. The van der Waals surface area contributed by atoms with E-state index in [-0.39, 0.29) is 19.1 Å². The maximum atomic E-state index is 13.4. The number of urea groups is 1. The van der Waals surface area contributed by atoms with Gasteiger partial charge < -0.3 is 14.4 Å². The summed E-state index contributed by atoms with van der Waals surface area (Å²) in [6, 6.07) is 14.5. The van der Waals surface area contributed by atoms with E-state index in [1.165, 1.54) is 4.90 Å². The summed E-state index contributed by atoms with van der Waals surface area (Å²) in [5, 5.41) is 0. The van der Waals surface area contributed by atoms with Crippen LogP contribution in [0.5, 0.6) is 5.75 Å². The number of benzene rings is 2. The molecule has 3 aliphatic rings. The van der Waals surface area contributed by atoms with Gasteiger partial charge >= 0.3 is 12.0 Å². The first-order valence-electron chi connectivity index (χ1n) is 9.73. The third-order valence-corrected chi connectivity index (χ3v) is 5.93. The Balaban J connectivity index is 1.63. The van der Waals surface area contributed by atoms with E-state index in [0.717, 1.165) is 5.56 Å². The molecule has 0 saturated carbocycles. The van der Waals surface area contributed by atoms with Crippen LogP contribution in [0.4, 0.5) is 10.5 Å². The molecule has 0 radical (unpaired) electrons. The molecule has 148 valence electrons. The van der Waals surface area contributed by atoms with Crippen molar-refractivity contribution in [2.45, 2.75) is 19.0 Å². The first-order valence-corrected chi connectivity index (χ1v) is 9.73. The Morgan fingerprint density at radius 1 is 1.07 bits per heavy atom. The maximum Gasteiger partial charge on any atom is 0.332 e. The van der Waals surface area contributed by atoms with Crippen molar-refractivity contribution in [3.05, 3.63) is 60.2 Å². The average molecular weight is 392 g/mol. The van der Waals surface area contributed by atoms with Crippen LogP contribution in [0, 0.1) is 11.8 Å². The Bertz CT molecular complexity index is 992. The molecular formula is C22H20N2O5. The first kappa shape index (κ1) is 17.7. The lowest BCUT2D eigenvalue weighted by atomic mass is 9.83. The van der Waals surface area contributed by atoms with Crippen LogP contribution in [0.3, 0.4) is 0 Å². The van der Waals surface area contributed by atoms with E-state index >= 15 is 0 Å². The Hall–Kier alpha value is -3.35. The Labute approximate surface area is 167 Å². The van der Waals surface area contributed by atoms with Crippen molar-refractivity contribution in [2.24, 2.45) is 11.8 Å². The molecule has 7 heteroatoms. The van der Waals surface area contributed by atoms with Crippen molar-refractivity contribution in [3.63, 3.8) is 0 Å². The van der Waals surface area contributed by atoms with E-state index in [9.17, 15) is 14.4 Å². The molecule has 3 aliphatic heterocycles. The van der Waals surface area contributed by atoms with Gasteiger partial charge in [0.25, 0.3) is 5.91 Å². The largest absolute Gasteiger partial charge is 0.493 e. The van der Waals surface area contributed by atoms with E-state index < -0.39 is 35.9 Å². The molecule has 0 unspecified atom stereocenters. The fourth-order valence-corrected chi connectivity index (χ4v) is 4.81. The number of anilines is 1. The van der Waals surface area contributed by atoms with Crippen LogP contribution < -0.4 is 9.64 Å². The van der Waals surface area contributed by atoms with Crippen LogP contribution in [0.15, 0.2) is 54.6 Å². The number of fused-ring (bicyclic) bond motifs is 5. The number of amides is 3. The molecule has 3 amide bonds. The third-order valence-electron chi connectivity index (χ3n) is 5.93. The van der Waals surface area contributed by atoms with Crippen LogP contribution in [0.2, 0.25) is 0 Å². The number of hydrogen-bond donors (Lipinski definition) is 0. The molecule has 29 heavy (non-hydrogen) atoms. The first-order chi connectivity index (χ1) is 14.1. The molecule has 2 saturated heterocycles. The van der Waals surface area contributed by atoms with Crippen LogP contribution in [0.1, 0.15) is 18.5 Å². The van der Waals surface area contributed by atoms with Crippen molar-refractivity contribution in [2.75, 3.05) is 18.1 Å². The molecule has 3 heterocycles.